The molecule has 1 unspecified atom stereocenters. The van der Waals surface area contributed by atoms with Crippen molar-refractivity contribution in [2.24, 2.45) is 0 Å². The number of thiazole rings is 1. The number of rotatable bonds is 1. The number of amides is 1. The van der Waals surface area contributed by atoms with Crippen molar-refractivity contribution in [3.63, 3.8) is 0 Å². The molecule has 0 aliphatic carbocycles. The van der Waals surface area contributed by atoms with Gasteiger partial charge in [-0.2, -0.15) is 8.78 Å². The van der Waals surface area contributed by atoms with Gasteiger partial charge in [-0.3, -0.25) is 4.90 Å². The first-order valence-electron chi connectivity index (χ1n) is 8.10. The van der Waals surface area contributed by atoms with Crippen LogP contribution in [0.25, 0.3) is 10.2 Å². The second kappa shape index (κ2) is 6.71. The number of hydrogen-bond acceptors (Lipinski definition) is 4. The zero-order valence-corrected chi connectivity index (χ0v) is 15.2. The van der Waals surface area contributed by atoms with E-state index in [2.05, 4.69) is 4.98 Å². The van der Waals surface area contributed by atoms with E-state index in [4.69, 9.17) is 4.74 Å². The molecule has 0 radical (unpaired) electrons. The predicted octanol–water partition coefficient (Wildman–Crippen LogP) is 5.52. The molecule has 0 saturated carbocycles. The lowest BCUT2D eigenvalue weighted by Gasteiger charge is -2.37. The Morgan fingerprint density at radius 1 is 1.36 bits per heavy atom. The Hall–Kier alpha value is -2.02. The molecule has 1 aromatic carbocycles. The molecule has 0 spiro atoms. The van der Waals surface area contributed by atoms with Crippen LogP contribution in [0.1, 0.15) is 45.2 Å². The minimum absolute atomic E-state index is 0.00292. The average molecular weight is 366 g/mol. The van der Waals surface area contributed by atoms with Gasteiger partial charge < -0.3 is 4.74 Å². The molecule has 7 heteroatoms. The number of carbonyl (C=O) groups is 1. The van der Waals surface area contributed by atoms with Gasteiger partial charge in [0.15, 0.2) is 0 Å². The number of ether oxygens (including phenoxy) is 1. The van der Waals surface area contributed by atoms with Crippen LogP contribution in [0.3, 0.4) is 0 Å². The van der Waals surface area contributed by atoms with Crippen molar-refractivity contribution < 1.29 is 18.3 Å². The van der Waals surface area contributed by atoms with Gasteiger partial charge >= 0.3 is 6.09 Å². The van der Waals surface area contributed by atoms with Crippen molar-refractivity contribution in [1.82, 2.24) is 9.88 Å². The standard InChI is InChI=1S/C18H20F2N2O2S/c1-18(2,3)24-17(23)22-9-12(16(19)20)4-6-14(22)11-5-7-15-13(8-11)21-10-25-15/h5,7-8,10,14H,4,6,9H2,1-3H3. The van der Waals surface area contributed by atoms with E-state index in [1.54, 1.807) is 26.3 Å². The van der Waals surface area contributed by atoms with Crippen LogP contribution in [0.15, 0.2) is 35.4 Å². The molecule has 1 atom stereocenters. The summed E-state index contributed by atoms with van der Waals surface area (Å²) in [5, 5.41) is 0. The third-order valence-corrected chi connectivity index (χ3v) is 4.90. The minimum Gasteiger partial charge on any atom is -0.444 e. The molecule has 2 aromatic rings. The quantitative estimate of drug-likeness (QED) is 0.667. The van der Waals surface area contributed by atoms with E-state index < -0.39 is 17.8 Å². The lowest BCUT2D eigenvalue weighted by Crippen LogP contribution is -2.42. The van der Waals surface area contributed by atoms with Gasteiger partial charge in [0.1, 0.15) is 5.60 Å². The molecular formula is C18H20F2N2O2S. The normalized spacial score (nSPS) is 18.5. The lowest BCUT2D eigenvalue weighted by molar-refractivity contribution is 0.0136. The second-order valence-corrected chi connectivity index (χ2v) is 7.99. The van der Waals surface area contributed by atoms with Gasteiger partial charge in [-0.1, -0.05) is 6.07 Å². The topological polar surface area (TPSA) is 42.4 Å². The van der Waals surface area contributed by atoms with E-state index in [1.807, 2.05) is 18.2 Å². The molecule has 3 rings (SSSR count). The maximum Gasteiger partial charge on any atom is 0.411 e. The van der Waals surface area contributed by atoms with E-state index in [0.29, 0.717) is 6.42 Å². The summed E-state index contributed by atoms with van der Waals surface area (Å²) in [6.07, 6.45) is -1.58. The van der Waals surface area contributed by atoms with Crippen LogP contribution >= 0.6 is 11.3 Å². The van der Waals surface area contributed by atoms with Crippen molar-refractivity contribution in [3.8, 4) is 0 Å². The van der Waals surface area contributed by atoms with Gasteiger partial charge in [0.25, 0.3) is 6.08 Å². The van der Waals surface area contributed by atoms with Gasteiger partial charge in [0.2, 0.25) is 0 Å². The SMILES string of the molecule is CC(C)(C)OC(=O)N1CC(=C(F)F)CCC1c1ccc2scnc2c1. The van der Waals surface area contributed by atoms with Crippen molar-refractivity contribution in [2.75, 3.05) is 6.54 Å². The van der Waals surface area contributed by atoms with Crippen LogP contribution in [0, 0.1) is 0 Å². The Morgan fingerprint density at radius 3 is 2.80 bits per heavy atom. The maximum absolute atomic E-state index is 13.1. The molecule has 25 heavy (non-hydrogen) atoms. The van der Waals surface area contributed by atoms with Crippen molar-refractivity contribution in [2.45, 2.75) is 45.3 Å². The monoisotopic (exact) mass is 366 g/mol. The van der Waals surface area contributed by atoms with Crippen LogP contribution < -0.4 is 0 Å². The van der Waals surface area contributed by atoms with E-state index in [9.17, 15) is 13.6 Å². The van der Waals surface area contributed by atoms with Crippen molar-refractivity contribution in [3.05, 3.63) is 40.9 Å². The summed E-state index contributed by atoms with van der Waals surface area (Å²) >= 11 is 1.54. The average Bonchev–Trinajstić information content (AvgIpc) is 3.00. The molecule has 134 valence electrons. The van der Waals surface area contributed by atoms with Gasteiger partial charge in [-0.15, -0.1) is 11.3 Å². The first kappa shape index (κ1) is 17.8. The molecule has 0 bridgehead atoms. The van der Waals surface area contributed by atoms with Crippen LogP contribution in [-0.2, 0) is 4.74 Å². The largest absolute Gasteiger partial charge is 0.444 e. The highest BCUT2D eigenvalue weighted by molar-refractivity contribution is 7.16. The van der Waals surface area contributed by atoms with Gasteiger partial charge in [-0.05, 0) is 51.3 Å². The van der Waals surface area contributed by atoms with E-state index in [0.717, 1.165) is 15.8 Å². The summed E-state index contributed by atoms with van der Waals surface area (Å²) in [6, 6.07) is 5.51. The molecule has 1 aromatic heterocycles. The molecule has 1 aliphatic rings. The van der Waals surface area contributed by atoms with Crippen molar-refractivity contribution in [1.29, 1.82) is 0 Å². The number of piperidine rings is 1. The van der Waals surface area contributed by atoms with E-state index in [-0.39, 0.29) is 24.6 Å². The number of halogens is 2. The Kier molecular flexibility index (Phi) is 4.77. The summed E-state index contributed by atoms with van der Waals surface area (Å²) in [5.41, 5.74) is 2.82. The highest BCUT2D eigenvalue weighted by Crippen LogP contribution is 2.37. The fourth-order valence-corrected chi connectivity index (χ4v) is 3.62. The Labute approximate surface area is 149 Å². The fraction of sp³-hybridized carbons (Fsp3) is 0.444. The number of fused-ring (bicyclic) bond motifs is 1. The smallest absolute Gasteiger partial charge is 0.411 e. The molecule has 1 aliphatic heterocycles. The first-order valence-corrected chi connectivity index (χ1v) is 8.98. The summed E-state index contributed by atoms with van der Waals surface area (Å²) in [4.78, 5) is 18.3. The summed E-state index contributed by atoms with van der Waals surface area (Å²) < 4.78 is 32.7. The molecule has 2 heterocycles. The van der Waals surface area contributed by atoms with E-state index >= 15 is 0 Å². The number of carbonyl (C=O) groups excluding carboxylic acids is 1. The summed E-state index contributed by atoms with van der Waals surface area (Å²) in [7, 11) is 0. The number of aromatic nitrogens is 1. The Bertz CT molecular complexity index is 822. The third-order valence-electron chi connectivity index (χ3n) is 4.09. The number of hydrogen-bond donors (Lipinski definition) is 0. The first-order chi connectivity index (χ1) is 11.7. The zero-order valence-electron chi connectivity index (χ0n) is 14.4. The number of likely N-dealkylation sites (tertiary alicyclic amines) is 1. The molecule has 1 fully saturated rings. The fourth-order valence-electron chi connectivity index (χ4n) is 2.96. The molecule has 4 nitrogen and oxygen atoms in total. The van der Waals surface area contributed by atoms with Crippen LogP contribution in [0.4, 0.5) is 13.6 Å². The van der Waals surface area contributed by atoms with Crippen molar-refractivity contribution >= 4 is 27.6 Å². The summed E-state index contributed by atoms with van der Waals surface area (Å²) in [6.45, 7) is 5.17. The molecular weight excluding hydrogens is 346 g/mol. The Balaban J connectivity index is 1.94. The van der Waals surface area contributed by atoms with Gasteiger partial charge in [0.05, 0.1) is 28.3 Å². The molecule has 1 saturated heterocycles. The third kappa shape index (κ3) is 3.98. The zero-order chi connectivity index (χ0) is 18.2. The van der Waals surface area contributed by atoms with Gasteiger partial charge in [-0.25, -0.2) is 9.78 Å². The van der Waals surface area contributed by atoms with Crippen LogP contribution in [0.2, 0.25) is 0 Å². The minimum atomic E-state index is -1.71. The number of nitrogens with zero attached hydrogens (tertiary/aromatic N) is 2. The predicted molar refractivity (Wildman–Crippen MR) is 93.8 cm³/mol. The molecule has 0 N–H and O–H groups in total. The van der Waals surface area contributed by atoms with Gasteiger partial charge in [0, 0.05) is 5.57 Å². The number of benzene rings is 1. The Morgan fingerprint density at radius 2 is 2.12 bits per heavy atom. The van der Waals surface area contributed by atoms with Crippen LogP contribution in [0.5, 0.6) is 0 Å². The highest BCUT2D eigenvalue weighted by atomic mass is 32.1. The highest BCUT2D eigenvalue weighted by Gasteiger charge is 2.34. The summed E-state index contributed by atoms with van der Waals surface area (Å²) in [5.74, 6) is 0. The second-order valence-electron chi connectivity index (χ2n) is 7.11. The molecule has 1 amide bonds. The van der Waals surface area contributed by atoms with E-state index in [1.165, 1.54) is 16.2 Å². The van der Waals surface area contributed by atoms with Crippen LogP contribution in [-0.4, -0.2) is 28.1 Å². The maximum atomic E-state index is 13.1. The lowest BCUT2D eigenvalue weighted by atomic mass is 9.93.